The van der Waals surface area contributed by atoms with Crippen molar-refractivity contribution in [1.82, 2.24) is 0 Å². The van der Waals surface area contributed by atoms with E-state index in [2.05, 4.69) is 0 Å². The number of hydrogen-bond acceptors (Lipinski definition) is 5. The molecule has 120 valence electrons. The lowest BCUT2D eigenvalue weighted by molar-refractivity contribution is -0.384. The van der Waals surface area contributed by atoms with E-state index >= 15 is 0 Å². The number of rotatable bonds is 4. The molecule has 0 radical (unpaired) electrons. The second kappa shape index (κ2) is 6.37. The zero-order valence-corrected chi connectivity index (χ0v) is 12.8. The minimum Gasteiger partial charge on any atom is -0.497 e. The monoisotopic (exact) mass is 323 g/mol. The summed E-state index contributed by atoms with van der Waals surface area (Å²) in [4.78, 5) is 22.6. The van der Waals surface area contributed by atoms with Crippen molar-refractivity contribution in [3.63, 3.8) is 0 Å². The molecule has 6 nitrogen and oxygen atoms in total. The van der Waals surface area contributed by atoms with Gasteiger partial charge in [0.15, 0.2) is 5.43 Å². The first-order chi connectivity index (χ1) is 11.6. The van der Waals surface area contributed by atoms with Crippen molar-refractivity contribution in [1.29, 1.82) is 0 Å². The summed E-state index contributed by atoms with van der Waals surface area (Å²) < 4.78 is 10.6. The Balaban J connectivity index is 1.93. The van der Waals surface area contributed by atoms with Crippen LogP contribution in [0.15, 0.2) is 57.9 Å². The van der Waals surface area contributed by atoms with Gasteiger partial charge in [0.05, 0.1) is 23.0 Å². The number of nitrogens with zero attached hydrogens (tertiary/aromatic N) is 1. The van der Waals surface area contributed by atoms with Crippen molar-refractivity contribution in [2.24, 2.45) is 0 Å². The van der Waals surface area contributed by atoms with Crippen LogP contribution >= 0.6 is 0 Å². The summed E-state index contributed by atoms with van der Waals surface area (Å²) in [6.45, 7) is 0. The van der Waals surface area contributed by atoms with Crippen LogP contribution in [-0.2, 0) is 0 Å². The Morgan fingerprint density at radius 2 is 1.88 bits per heavy atom. The lowest BCUT2D eigenvalue weighted by atomic mass is 10.1. The number of fused-ring (bicyclic) bond motifs is 1. The summed E-state index contributed by atoms with van der Waals surface area (Å²) in [6, 6.07) is 11.1. The molecule has 0 aliphatic heterocycles. The Morgan fingerprint density at radius 3 is 2.54 bits per heavy atom. The number of nitro groups is 1. The van der Waals surface area contributed by atoms with Crippen LogP contribution in [0.3, 0.4) is 0 Å². The van der Waals surface area contributed by atoms with Gasteiger partial charge < -0.3 is 9.15 Å². The van der Waals surface area contributed by atoms with E-state index in [0.29, 0.717) is 22.3 Å². The molecule has 0 aliphatic rings. The first-order valence-corrected chi connectivity index (χ1v) is 7.10. The molecule has 0 amide bonds. The third kappa shape index (κ3) is 3.03. The molecule has 24 heavy (non-hydrogen) atoms. The summed E-state index contributed by atoms with van der Waals surface area (Å²) in [7, 11) is 1.54. The lowest BCUT2D eigenvalue weighted by Crippen LogP contribution is -2.04. The Bertz CT molecular complexity index is 986. The van der Waals surface area contributed by atoms with Crippen LogP contribution in [0.2, 0.25) is 0 Å². The molecule has 0 fully saturated rings. The first-order valence-electron chi connectivity index (χ1n) is 7.10. The predicted octanol–water partition coefficient (Wildman–Crippen LogP) is 3.88. The summed E-state index contributed by atoms with van der Waals surface area (Å²) in [5, 5.41) is 11.1. The van der Waals surface area contributed by atoms with Gasteiger partial charge in [-0.05, 0) is 35.9 Å². The van der Waals surface area contributed by atoms with Gasteiger partial charge in [0.1, 0.15) is 17.6 Å². The van der Waals surface area contributed by atoms with Crippen molar-refractivity contribution < 1.29 is 14.1 Å². The van der Waals surface area contributed by atoms with Crippen molar-refractivity contribution in [2.75, 3.05) is 7.11 Å². The second-order valence-electron chi connectivity index (χ2n) is 5.06. The zero-order valence-electron chi connectivity index (χ0n) is 12.8. The average Bonchev–Trinajstić information content (AvgIpc) is 2.61. The standard InChI is InChI=1S/C18H13NO5/c1-23-15-8-9-16-17(10-15)24-11-13(18(16)20)5-2-12-3-6-14(7-4-12)19(21)22/h2-11H,1H3/b5-2-. The van der Waals surface area contributed by atoms with Gasteiger partial charge in [0, 0.05) is 18.2 Å². The number of nitro benzene ring substituents is 1. The molecule has 2 aromatic carbocycles. The molecule has 6 heteroatoms. The van der Waals surface area contributed by atoms with Crippen LogP contribution < -0.4 is 10.2 Å². The Labute approximate surface area is 136 Å². The maximum atomic E-state index is 12.5. The predicted molar refractivity (Wildman–Crippen MR) is 91.1 cm³/mol. The average molecular weight is 323 g/mol. The second-order valence-corrected chi connectivity index (χ2v) is 5.06. The van der Waals surface area contributed by atoms with Crippen molar-refractivity contribution in [3.05, 3.63) is 80.2 Å². The highest BCUT2D eigenvalue weighted by molar-refractivity contribution is 5.81. The maximum Gasteiger partial charge on any atom is 0.269 e. The number of non-ortho nitro benzene ring substituents is 1. The van der Waals surface area contributed by atoms with Gasteiger partial charge in [0.25, 0.3) is 5.69 Å². The highest BCUT2D eigenvalue weighted by Crippen LogP contribution is 2.19. The summed E-state index contributed by atoms with van der Waals surface area (Å²) in [6.07, 6.45) is 4.70. The minimum absolute atomic E-state index is 0.0197. The molecule has 1 heterocycles. The van der Waals surface area contributed by atoms with Crippen molar-refractivity contribution in [3.8, 4) is 5.75 Å². The van der Waals surface area contributed by atoms with Gasteiger partial charge in [-0.25, -0.2) is 0 Å². The van der Waals surface area contributed by atoms with E-state index < -0.39 is 4.92 Å². The van der Waals surface area contributed by atoms with E-state index in [1.54, 1.807) is 49.6 Å². The largest absolute Gasteiger partial charge is 0.497 e. The highest BCUT2D eigenvalue weighted by Gasteiger charge is 2.06. The molecule has 0 N–H and O–H groups in total. The SMILES string of the molecule is COc1ccc2c(=O)c(/C=C\c3ccc([N+](=O)[O-])cc3)coc2c1. The Morgan fingerprint density at radius 1 is 1.12 bits per heavy atom. The highest BCUT2D eigenvalue weighted by atomic mass is 16.6. The van der Waals surface area contributed by atoms with Gasteiger partial charge in [-0.1, -0.05) is 6.08 Å². The van der Waals surface area contributed by atoms with Crippen LogP contribution in [0.1, 0.15) is 11.1 Å². The Hall–Kier alpha value is -3.41. The molecule has 0 saturated heterocycles. The molecule has 0 atom stereocenters. The van der Waals surface area contributed by atoms with Crippen LogP contribution in [-0.4, -0.2) is 12.0 Å². The smallest absolute Gasteiger partial charge is 0.269 e. The lowest BCUT2D eigenvalue weighted by Gasteiger charge is -2.02. The van der Waals surface area contributed by atoms with Crippen LogP contribution in [0.25, 0.3) is 23.1 Å². The minimum atomic E-state index is -0.459. The topological polar surface area (TPSA) is 82.6 Å². The summed E-state index contributed by atoms with van der Waals surface area (Å²) >= 11 is 0. The molecule has 0 bridgehead atoms. The zero-order chi connectivity index (χ0) is 17.1. The van der Waals surface area contributed by atoms with Crippen LogP contribution in [0.4, 0.5) is 5.69 Å². The van der Waals surface area contributed by atoms with E-state index in [4.69, 9.17) is 9.15 Å². The fourth-order valence-electron chi connectivity index (χ4n) is 2.26. The number of ether oxygens (including phenoxy) is 1. The van der Waals surface area contributed by atoms with E-state index in [1.807, 2.05) is 0 Å². The molecule has 3 rings (SSSR count). The summed E-state index contributed by atoms with van der Waals surface area (Å²) in [5.41, 5.74) is 1.45. The van der Waals surface area contributed by atoms with Gasteiger partial charge in [-0.3, -0.25) is 14.9 Å². The van der Waals surface area contributed by atoms with Crippen LogP contribution in [0.5, 0.6) is 5.75 Å². The normalized spacial score (nSPS) is 11.0. The number of benzene rings is 2. The van der Waals surface area contributed by atoms with E-state index in [-0.39, 0.29) is 11.1 Å². The molecule has 1 aromatic heterocycles. The van der Waals surface area contributed by atoms with E-state index in [9.17, 15) is 14.9 Å². The van der Waals surface area contributed by atoms with E-state index in [1.165, 1.54) is 18.4 Å². The van der Waals surface area contributed by atoms with E-state index in [0.717, 1.165) is 5.56 Å². The third-order valence-corrected chi connectivity index (χ3v) is 3.57. The van der Waals surface area contributed by atoms with Crippen molar-refractivity contribution in [2.45, 2.75) is 0 Å². The van der Waals surface area contributed by atoms with Crippen LogP contribution in [0, 0.1) is 10.1 Å². The number of hydrogen-bond donors (Lipinski definition) is 0. The van der Waals surface area contributed by atoms with Gasteiger partial charge >= 0.3 is 0 Å². The fraction of sp³-hybridized carbons (Fsp3) is 0.0556. The maximum absolute atomic E-state index is 12.5. The molecular formula is C18H13NO5. The van der Waals surface area contributed by atoms with Gasteiger partial charge in [0.2, 0.25) is 0 Å². The molecule has 3 aromatic rings. The number of methoxy groups -OCH3 is 1. The molecule has 0 unspecified atom stereocenters. The first kappa shape index (κ1) is 15.5. The Kier molecular flexibility index (Phi) is 4.11. The summed E-state index contributed by atoms with van der Waals surface area (Å²) in [5.74, 6) is 0.611. The van der Waals surface area contributed by atoms with Gasteiger partial charge in [-0.2, -0.15) is 0 Å². The third-order valence-electron chi connectivity index (χ3n) is 3.57. The molecule has 0 aliphatic carbocycles. The van der Waals surface area contributed by atoms with Crippen molar-refractivity contribution >= 4 is 28.8 Å². The fourth-order valence-corrected chi connectivity index (χ4v) is 2.26. The quantitative estimate of drug-likeness (QED) is 0.537. The van der Waals surface area contributed by atoms with Gasteiger partial charge in [-0.15, -0.1) is 0 Å². The molecular weight excluding hydrogens is 310 g/mol. The molecule has 0 saturated carbocycles. The molecule has 0 spiro atoms.